The number of amides is 2. The molecule has 1 aliphatic rings. The van der Waals surface area contributed by atoms with Gasteiger partial charge in [0.25, 0.3) is 0 Å². The van der Waals surface area contributed by atoms with Crippen molar-refractivity contribution in [1.82, 2.24) is 10.2 Å². The molecule has 0 heterocycles. The minimum absolute atomic E-state index is 0.0746. The summed E-state index contributed by atoms with van der Waals surface area (Å²) in [6, 6.07) is 13.0. The maximum absolute atomic E-state index is 13.2. The van der Waals surface area contributed by atoms with Gasteiger partial charge in [-0.15, -0.1) is 11.8 Å². The molecule has 1 fully saturated rings. The summed E-state index contributed by atoms with van der Waals surface area (Å²) < 4.78 is 1.03. The van der Waals surface area contributed by atoms with Crippen molar-refractivity contribution in [2.45, 2.75) is 63.4 Å². The second-order valence-corrected chi connectivity index (χ2v) is 11.1. The number of benzene rings is 2. The zero-order chi connectivity index (χ0) is 23.8. The number of carbonyl (C=O) groups is 2. The molecule has 0 aliphatic heterocycles. The molecule has 0 unspecified atom stereocenters. The number of hydrogen-bond donors (Lipinski definition) is 1. The van der Waals surface area contributed by atoms with Crippen molar-refractivity contribution in [3.05, 3.63) is 68.1 Å². The Balaban J connectivity index is 1.67. The lowest BCUT2D eigenvalue weighted by atomic mass is 9.95. The molecule has 8 heteroatoms. The molecule has 4 nitrogen and oxygen atoms in total. The minimum atomic E-state index is -0.581. The van der Waals surface area contributed by atoms with Crippen LogP contribution in [0.3, 0.4) is 0 Å². The van der Waals surface area contributed by atoms with Crippen LogP contribution in [0.1, 0.15) is 50.2 Å². The number of carbonyl (C=O) groups excluding carboxylic acids is 2. The normalized spacial score (nSPS) is 15.2. The van der Waals surface area contributed by atoms with Gasteiger partial charge < -0.3 is 10.2 Å². The fraction of sp³-hybridized carbons (Fsp3) is 0.440. The van der Waals surface area contributed by atoms with Crippen LogP contribution in [0.5, 0.6) is 0 Å². The Morgan fingerprint density at radius 3 is 2.39 bits per heavy atom. The molecule has 2 amide bonds. The van der Waals surface area contributed by atoms with E-state index in [1.165, 1.54) is 6.42 Å². The first-order chi connectivity index (χ1) is 15.8. The highest BCUT2D eigenvalue weighted by Gasteiger charge is 2.28. The molecule has 2 aromatic carbocycles. The third kappa shape index (κ3) is 8.20. The molecule has 178 valence electrons. The van der Waals surface area contributed by atoms with E-state index in [0.717, 1.165) is 47.0 Å². The summed E-state index contributed by atoms with van der Waals surface area (Å²) in [6.07, 6.45) is 5.50. The monoisotopic (exact) mass is 570 g/mol. The van der Waals surface area contributed by atoms with E-state index in [4.69, 9.17) is 23.2 Å². The van der Waals surface area contributed by atoms with E-state index in [9.17, 15) is 9.59 Å². The molecule has 0 aromatic heterocycles. The summed E-state index contributed by atoms with van der Waals surface area (Å²) in [5.41, 5.74) is 1.99. The third-order valence-corrected chi connectivity index (χ3v) is 8.12. The molecular weight excluding hydrogens is 543 g/mol. The van der Waals surface area contributed by atoms with Crippen molar-refractivity contribution >= 4 is 62.7 Å². The molecule has 0 bridgehead atoms. The number of rotatable bonds is 9. The van der Waals surface area contributed by atoms with Gasteiger partial charge >= 0.3 is 0 Å². The highest BCUT2D eigenvalue weighted by molar-refractivity contribution is 9.10. The number of thioether (sulfide) groups is 1. The van der Waals surface area contributed by atoms with Gasteiger partial charge in [-0.2, -0.15) is 0 Å². The van der Waals surface area contributed by atoms with E-state index in [-0.39, 0.29) is 17.9 Å². The van der Waals surface area contributed by atoms with Crippen LogP contribution >= 0.6 is 50.9 Å². The molecule has 1 N–H and O–H groups in total. The predicted molar refractivity (Wildman–Crippen MR) is 142 cm³/mol. The molecule has 2 aromatic rings. The van der Waals surface area contributed by atoms with E-state index >= 15 is 0 Å². The van der Waals surface area contributed by atoms with Crippen LogP contribution in [0.15, 0.2) is 46.9 Å². The van der Waals surface area contributed by atoms with E-state index in [1.807, 2.05) is 30.3 Å². The van der Waals surface area contributed by atoms with E-state index in [1.54, 1.807) is 35.7 Å². The van der Waals surface area contributed by atoms with Crippen molar-refractivity contribution in [2.24, 2.45) is 0 Å². The van der Waals surface area contributed by atoms with Gasteiger partial charge in [0.15, 0.2) is 0 Å². The highest BCUT2D eigenvalue weighted by Crippen LogP contribution is 2.25. The average molecular weight is 572 g/mol. The van der Waals surface area contributed by atoms with Crippen LogP contribution in [0, 0.1) is 0 Å². The van der Waals surface area contributed by atoms with Gasteiger partial charge in [0.1, 0.15) is 6.04 Å². The Morgan fingerprint density at radius 2 is 1.73 bits per heavy atom. The van der Waals surface area contributed by atoms with Gasteiger partial charge in [0, 0.05) is 22.8 Å². The van der Waals surface area contributed by atoms with E-state index < -0.39 is 6.04 Å². The van der Waals surface area contributed by atoms with Gasteiger partial charge in [-0.3, -0.25) is 9.59 Å². The van der Waals surface area contributed by atoms with Crippen LogP contribution in [-0.4, -0.2) is 34.6 Å². The number of halogens is 3. The first kappa shape index (κ1) is 26.4. The van der Waals surface area contributed by atoms with Crippen LogP contribution < -0.4 is 5.32 Å². The van der Waals surface area contributed by atoms with Crippen LogP contribution in [-0.2, 0) is 21.9 Å². The number of hydrogen-bond acceptors (Lipinski definition) is 3. The molecule has 1 atom stereocenters. The Kier molecular flexibility index (Phi) is 10.4. The summed E-state index contributed by atoms with van der Waals surface area (Å²) in [5, 5.41) is 4.06. The van der Waals surface area contributed by atoms with E-state index in [0.29, 0.717) is 22.3 Å². The summed E-state index contributed by atoms with van der Waals surface area (Å²) in [4.78, 5) is 27.9. The van der Waals surface area contributed by atoms with Crippen molar-refractivity contribution < 1.29 is 9.59 Å². The zero-order valence-corrected chi connectivity index (χ0v) is 22.6. The summed E-state index contributed by atoms with van der Waals surface area (Å²) >= 11 is 17.2. The molecule has 3 rings (SSSR count). The molecule has 1 saturated carbocycles. The largest absolute Gasteiger partial charge is 0.352 e. The van der Waals surface area contributed by atoms with Gasteiger partial charge in [-0.25, -0.2) is 0 Å². The fourth-order valence-corrected chi connectivity index (χ4v) is 5.36. The summed E-state index contributed by atoms with van der Waals surface area (Å²) in [6.45, 7) is 2.10. The lowest BCUT2D eigenvalue weighted by Gasteiger charge is -2.31. The standard InChI is InChI=1S/C25H29BrCl2N2O2S/c1-17(25(32)29-21-5-3-2-4-6-21)30(14-19-9-12-22(27)23(28)13-19)24(31)16-33-15-18-7-10-20(26)11-8-18/h7-13,17,21H,2-6,14-16H2,1H3,(H,29,32)/t17-/m1/s1. The second-order valence-electron chi connectivity index (χ2n) is 8.41. The molecule has 33 heavy (non-hydrogen) atoms. The molecule has 1 aliphatic carbocycles. The first-order valence-corrected chi connectivity index (χ1v) is 13.9. The smallest absolute Gasteiger partial charge is 0.242 e. The first-order valence-electron chi connectivity index (χ1n) is 11.2. The maximum Gasteiger partial charge on any atom is 0.242 e. The molecule has 0 spiro atoms. The highest BCUT2D eigenvalue weighted by atomic mass is 79.9. The zero-order valence-electron chi connectivity index (χ0n) is 18.7. The van der Waals surface area contributed by atoms with Crippen LogP contribution in [0.4, 0.5) is 0 Å². The Morgan fingerprint density at radius 1 is 1.06 bits per heavy atom. The Hall–Kier alpha value is -1.21. The Bertz CT molecular complexity index is 952. The minimum Gasteiger partial charge on any atom is -0.352 e. The maximum atomic E-state index is 13.2. The van der Waals surface area contributed by atoms with E-state index in [2.05, 4.69) is 21.2 Å². The summed E-state index contributed by atoms with van der Waals surface area (Å²) in [5.74, 6) is 0.837. The van der Waals surface area contributed by atoms with Gasteiger partial charge in [-0.05, 0) is 55.2 Å². The van der Waals surface area contributed by atoms with Crippen molar-refractivity contribution in [1.29, 1.82) is 0 Å². The fourth-order valence-electron chi connectivity index (χ4n) is 3.91. The SMILES string of the molecule is C[C@H](C(=O)NC1CCCCC1)N(Cc1ccc(Cl)c(Cl)c1)C(=O)CSCc1ccc(Br)cc1. The number of nitrogens with one attached hydrogen (secondary N) is 1. The predicted octanol–water partition coefficient (Wildman–Crippen LogP) is 6.86. The lowest BCUT2D eigenvalue weighted by molar-refractivity contribution is -0.139. The summed E-state index contributed by atoms with van der Waals surface area (Å²) in [7, 11) is 0. The van der Waals surface area contributed by atoms with Gasteiger partial charge in [0.2, 0.25) is 11.8 Å². The van der Waals surface area contributed by atoms with Crippen molar-refractivity contribution in [3.8, 4) is 0 Å². The van der Waals surface area contributed by atoms with Gasteiger partial charge in [-0.1, -0.05) is 76.6 Å². The quantitative estimate of drug-likeness (QED) is 0.358. The average Bonchev–Trinajstić information content (AvgIpc) is 2.81. The van der Waals surface area contributed by atoms with Crippen molar-refractivity contribution in [2.75, 3.05) is 5.75 Å². The van der Waals surface area contributed by atoms with Gasteiger partial charge in [0.05, 0.1) is 15.8 Å². The number of nitrogens with zero attached hydrogens (tertiary/aromatic N) is 1. The third-order valence-electron chi connectivity index (χ3n) is 5.86. The van der Waals surface area contributed by atoms with Crippen molar-refractivity contribution in [3.63, 3.8) is 0 Å². The van der Waals surface area contributed by atoms with Crippen LogP contribution in [0.25, 0.3) is 0 Å². The molecule has 0 radical (unpaired) electrons. The second kappa shape index (κ2) is 13.0. The molecule has 0 saturated heterocycles. The van der Waals surface area contributed by atoms with Crippen LogP contribution in [0.2, 0.25) is 10.0 Å². The topological polar surface area (TPSA) is 49.4 Å². The Labute approximate surface area is 218 Å². The molecular formula is C25H29BrCl2N2O2S. The lowest BCUT2D eigenvalue weighted by Crippen LogP contribution is -2.50.